The van der Waals surface area contributed by atoms with Crippen molar-refractivity contribution >= 4 is 35.0 Å². The average molecular weight is 396 g/mol. The molecule has 2 rings (SSSR count). The van der Waals surface area contributed by atoms with Crippen LogP contribution in [0.2, 0.25) is 5.02 Å². The molecular formula is C18H22ClN3O5. The number of hydrogen-bond donors (Lipinski definition) is 1. The van der Waals surface area contributed by atoms with Gasteiger partial charge in [0.25, 0.3) is 0 Å². The molecule has 1 heterocycles. The van der Waals surface area contributed by atoms with Gasteiger partial charge in [-0.2, -0.15) is 0 Å². The lowest BCUT2D eigenvalue weighted by molar-refractivity contribution is -0.131. The third-order valence-corrected chi connectivity index (χ3v) is 4.12. The predicted molar refractivity (Wildman–Crippen MR) is 101 cm³/mol. The fraction of sp³-hybridized carbons (Fsp3) is 0.389. The number of hydrogen-bond acceptors (Lipinski definition) is 5. The maximum atomic E-state index is 12.2. The monoisotopic (exact) mass is 395 g/mol. The largest absolute Gasteiger partial charge is 0.495 e. The number of nitrogens with zero attached hydrogens (tertiary/aromatic N) is 2. The van der Waals surface area contributed by atoms with Crippen molar-refractivity contribution in [3.05, 3.63) is 35.4 Å². The summed E-state index contributed by atoms with van der Waals surface area (Å²) in [6.07, 6.45) is 2.37. The minimum Gasteiger partial charge on any atom is -0.495 e. The fourth-order valence-electron chi connectivity index (χ4n) is 2.42. The highest BCUT2D eigenvalue weighted by atomic mass is 35.5. The molecule has 1 aromatic carbocycles. The minimum atomic E-state index is -0.454. The molecule has 1 aromatic rings. The summed E-state index contributed by atoms with van der Waals surface area (Å²) >= 11 is 5.92. The van der Waals surface area contributed by atoms with E-state index in [-0.39, 0.29) is 12.5 Å². The van der Waals surface area contributed by atoms with Crippen molar-refractivity contribution in [2.24, 2.45) is 0 Å². The van der Waals surface area contributed by atoms with Gasteiger partial charge >= 0.3 is 0 Å². The maximum Gasteiger partial charge on any atom is 0.246 e. The van der Waals surface area contributed by atoms with Crippen LogP contribution in [-0.4, -0.2) is 74.5 Å². The highest BCUT2D eigenvalue weighted by Gasteiger charge is 2.16. The molecule has 0 atom stereocenters. The Bertz CT molecular complexity index is 732. The Hall–Kier alpha value is -2.58. The van der Waals surface area contributed by atoms with Crippen molar-refractivity contribution in [2.75, 3.05) is 52.3 Å². The van der Waals surface area contributed by atoms with Crippen LogP contribution in [-0.2, 0) is 19.1 Å². The number of likely N-dealkylation sites (N-methyl/N-ethyl adjacent to an activating group) is 1. The van der Waals surface area contributed by atoms with E-state index in [4.69, 9.17) is 21.1 Å². The van der Waals surface area contributed by atoms with Crippen molar-refractivity contribution < 1.29 is 23.9 Å². The highest BCUT2D eigenvalue weighted by Crippen LogP contribution is 2.27. The van der Waals surface area contributed by atoms with Crippen molar-refractivity contribution in [3.63, 3.8) is 0 Å². The van der Waals surface area contributed by atoms with Gasteiger partial charge in [-0.3, -0.25) is 14.4 Å². The van der Waals surface area contributed by atoms with E-state index in [9.17, 15) is 14.4 Å². The van der Waals surface area contributed by atoms with Crippen molar-refractivity contribution in [1.82, 2.24) is 9.80 Å². The first-order valence-electron chi connectivity index (χ1n) is 8.34. The van der Waals surface area contributed by atoms with Crippen LogP contribution in [0.15, 0.2) is 30.4 Å². The van der Waals surface area contributed by atoms with Crippen LogP contribution in [0, 0.1) is 0 Å². The summed E-state index contributed by atoms with van der Waals surface area (Å²) in [5.41, 5.74) is 0.411. The molecule has 1 N–H and O–H groups in total. The normalized spacial score (nSPS) is 14.1. The summed E-state index contributed by atoms with van der Waals surface area (Å²) in [4.78, 5) is 39.1. The van der Waals surface area contributed by atoms with E-state index in [0.29, 0.717) is 42.8 Å². The number of rotatable bonds is 6. The average Bonchev–Trinajstić information content (AvgIpc) is 2.66. The van der Waals surface area contributed by atoms with Crippen LogP contribution in [0.1, 0.15) is 0 Å². The number of halogens is 1. The van der Waals surface area contributed by atoms with Crippen LogP contribution in [0.4, 0.5) is 5.69 Å². The van der Waals surface area contributed by atoms with E-state index in [0.717, 1.165) is 6.08 Å². The molecule has 1 saturated heterocycles. The number of amides is 3. The quantitative estimate of drug-likeness (QED) is 0.730. The smallest absolute Gasteiger partial charge is 0.246 e. The van der Waals surface area contributed by atoms with Crippen LogP contribution >= 0.6 is 11.6 Å². The topological polar surface area (TPSA) is 88.2 Å². The number of carbonyl (C=O) groups excluding carboxylic acids is 3. The molecule has 0 unspecified atom stereocenters. The number of carbonyl (C=O) groups is 3. The zero-order valence-corrected chi connectivity index (χ0v) is 16.0. The second kappa shape index (κ2) is 9.94. The van der Waals surface area contributed by atoms with Crippen LogP contribution in [0.25, 0.3) is 0 Å². The zero-order valence-electron chi connectivity index (χ0n) is 15.2. The molecule has 0 saturated carbocycles. The molecule has 146 valence electrons. The zero-order chi connectivity index (χ0) is 19.8. The molecule has 1 aliphatic heterocycles. The molecule has 0 radical (unpaired) electrons. The second-order valence-electron chi connectivity index (χ2n) is 5.86. The summed E-state index contributed by atoms with van der Waals surface area (Å²) in [5, 5.41) is 3.09. The Morgan fingerprint density at radius 2 is 2.00 bits per heavy atom. The van der Waals surface area contributed by atoms with Gasteiger partial charge in [-0.15, -0.1) is 0 Å². The van der Waals surface area contributed by atoms with E-state index in [1.165, 1.54) is 25.1 Å². The van der Waals surface area contributed by atoms with E-state index >= 15 is 0 Å². The molecule has 0 aliphatic carbocycles. The Morgan fingerprint density at radius 3 is 2.67 bits per heavy atom. The maximum absolute atomic E-state index is 12.2. The molecule has 1 aliphatic rings. The summed E-state index contributed by atoms with van der Waals surface area (Å²) in [6, 6.07) is 4.83. The molecule has 9 heteroatoms. The van der Waals surface area contributed by atoms with Gasteiger partial charge in [-0.05, 0) is 18.2 Å². The van der Waals surface area contributed by atoms with Gasteiger partial charge in [0.1, 0.15) is 5.75 Å². The molecule has 1 fully saturated rings. The summed E-state index contributed by atoms with van der Waals surface area (Å²) in [7, 11) is 2.95. The molecule has 27 heavy (non-hydrogen) atoms. The van der Waals surface area contributed by atoms with Gasteiger partial charge < -0.3 is 24.6 Å². The Labute approximate surface area is 162 Å². The molecule has 0 bridgehead atoms. The van der Waals surface area contributed by atoms with Crippen molar-refractivity contribution in [1.29, 1.82) is 0 Å². The first-order chi connectivity index (χ1) is 12.9. The minimum absolute atomic E-state index is 0.190. The third-order valence-electron chi connectivity index (χ3n) is 3.88. The number of methoxy groups -OCH3 is 1. The molecule has 3 amide bonds. The molecular weight excluding hydrogens is 374 g/mol. The van der Waals surface area contributed by atoms with Crippen LogP contribution in [0.3, 0.4) is 0 Å². The molecule has 0 aromatic heterocycles. The number of nitrogens with one attached hydrogen (secondary N) is 1. The van der Waals surface area contributed by atoms with Gasteiger partial charge in [0, 0.05) is 37.3 Å². The number of morpholine rings is 1. The Balaban J connectivity index is 1.88. The van der Waals surface area contributed by atoms with Crippen LogP contribution in [0.5, 0.6) is 5.75 Å². The highest BCUT2D eigenvalue weighted by molar-refractivity contribution is 6.31. The molecule has 8 nitrogen and oxygen atoms in total. The molecule has 0 spiro atoms. The number of benzene rings is 1. The van der Waals surface area contributed by atoms with Crippen molar-refractivity contribution in [2.45, 2.75) is 0 Å². The van der Waals surface area contributed by atoms with Gasteiger partial charge in [0.05, 0.1) is 32.6 Å². The van der Waals surface area contributed by atoms with E-state index in [1.807, 2.05) is 0 Å². The first-order valence-corrected chi connectivity index (χ1v) is 8.71. The Morgan fingerprint density at radius 1 is 1.30 bits per heavy atom. The third kappa shape index (κ3) is 6.26. The summed E-state index contributed by atoms with van der Waals surface area (Å²) < 4.78 is 10.3. The SMILES string of the molecule is COc1ccc(Cl)cc1NC(=O)CN(C)C(=O)/C=C/C(=O)N1CCOCC1. The fourth-order valence-corrected chi connectivity index (χ4v) is 2.59. The van der Waals surface area contributed by atoms with Crippen LogP contribution < -0.4 is 10.1 Å². The van der Waals surface area contributed by atoms with Crippen molar-refractivity contribution in [3.8, 4) is 5.75 Å². The van der Waals surface area contributed by atoms with Gasteiger partial charge in [0.2, 0.25) is 17.7 Å². The van der Waals surface area contributed by atoms with E-state index in [1.54, 1.807) is 23.1 Å². The lowest BCUT2D eigenvalue weighted by Crippen LogP contribution is -2.40. The van der Waals surface area contributed by atoms with Gasteiger partial charge in [-0.1, -0.05) is 11.6 Å². The lowest BCUT2D eigenvalue weighted by Gasteiger charge is -2.25. The summed E-state index contributed by atoms with van der Waals surface area (Å²) in [5.74, 6) is -0.671. The first kappa shape index (κ1) is 20.7. The van der Waals surface area contributed by atoms with Gasteiger partial charge in [0.15, 0.2) is 0 Å². The number of ether oxygens (including phenoxy) is 2. The Kier molecular flexibility index (Phi) is 7.63. The predicted octanol–water partition coefficient (Wildman–Crippen LogP) is 1.16. The van der Waals surface area contributed by atoms with E-state index in [2.05, 4.69) is 5.32 Å². The standard InChI is InChI=1S/C18H22ClN3O5/c1-21(17(24)5-6-18(25)22-7-9-27-10-8-22)12-16(23)20-14-11-13(19)3-4-15(14)26-2/h3-6,11H,7-10,12H2,1-2H3,(H,20,23)/b6-5+. The summed E-state index contributed by atoms with van der Waals surface area (Å²) in [6.45, 7) is 1.78. The number of anilines is 1. The van der Waals surface area contributed by atoms with E-state index < -0.39 is 11.8 Å². The lowest BCUT2D eigenvalue weighted by atomic mass is 10.3. The second-order valence-corrected chi connectivity index (χ2v) is 6.29. The van der Waals surface area contributed by atoms with Gasteiger partial charge in [-0.25, -0.2) is 0 Å².